The van der Waals surface area contributed by atoms with Gasteiger partial charge in [0.25, 0.3) is 0 Å². The molecule has 0 amide bonds. The van der Waals surface area contributed by atoms with E-state index in [1.54, 1.807) is 7.11 Å². The molecule has 106 valence electrons. The number of methoxy groups -OCH3 is 1. The maximum Gasteiger partial charge on any atom is 0.118 e. The third-order valence-corrected chi connectivity index (χ3v) is 3.65. The predicted molar refractivity (Wildman–Crippen MR) is 82.6 cm³/mol. The Labute approximate surface area is 120 Å². The second-order valence-corrected chi connectivity index (χ2v) is 4.96. The molecule has 0 aliphatic heterocycles. The van der Waals surface area contributed by atoms with E-state index in [9.17, 15) is 0 Å². The molecule has 2 aromatic rings. The van der Waals surface area contributed by atoms with Crippen molar-refractivity contribution in [3.05, 3.63) is 65.2 Å². The molecule has 0 bridgehead atoms. The Morgan fingerprint density at radius 2 is 1.80 bits per heavy atom. The molecule has 3 nitrogen and oxygen atoms in total. The van der Waals surface area contributed by atoms with Crippen LogP contribution in [0, 0.1) is 6.92 Å². The molecule has 2 rings (SSSR count). The number of benzene rings is 2. The Bertz CT molecular complexity index is 537. The number of aryl methyl sites for hydroxylation is 2. The van der Waals surface area contributed by atoms with E-state index in [0.29, 0.717) is 0 Å². The van der Waals surface area contributed by atoms with Crippen LogP contribution in [0.2, 0.25) is 0 Å². The number of hydrogen-bond acceptors (Lipinski definition) is 3. The largest absolute Gasteiger partial charge is 0.497 e. The highest BCUT2D eigenvalue weighted by Gasteiger charge is 2.11. The van der Waals surface area contributed by atoms with Gasteiger partial charge in [-0.25, -0.2) is 0 Å². The highest BCUT2D eigenvalue weighted by molar-refractivity contribution is 5.30. The van der Waals surface area contributed by atoms with Crippen molar-refractivity contribution in [2.75, 3.05) is 7.11 Å². The summed E-state index contributed by atoms with van der Waals surface area (Å²) < 4.78 is 5.17. The standard InChI is InChI=1S/C17H22N2O/c1-13-5-3-4-6-16(13)17(19-18)12-9-14-7-10-15(20-2)11-8-14/h3-8,10-11,17,19H,9,12,18H2,1-2H3. The molecular formula is C17H22N2O. The van der Waals surface area contributed by atoms with Gasteiger partial charge in [0.15, 0.2) is 0 Å². The number of rotatable bonds is 6. The Kier molecular flexibility index (Phi) is 5.16. The van der Waals surface area contributed by atoms with Crippen molar-refractivity contribution >= 4 is 0 Å². The molecule has 2 aromatic carbocycles. The Hall–Kier alpha value is -1.84. The molecule has 0 saturated carbocycles. The van der Waals surface area contributed by atoms with Crippen LogP contribution in [0.3, 0.4) is 0 Å². The normalized spacial score (nSPS) is 12.2. The van der Waals surface area contributed by atoms with E-state index in [2.05, 4.69) is 48.7 Å². The fraction of sp³-hybridized carbons (Fsp3) is 0.294. The van der Waals surface area contributed by atoms with Gasteiger partial charge in [-0.3, -0.25) is 11.3 Å². The molecule has 0 saturated heterocycles. The zero-order chi connectivity index (χ0) is 14.4. The van der Waals surface area contributed by atoms with E-state index in [1.165, 1.54) is 16.7 Å². The van der Waals surface area contributed by atoms with Gasteiger partial charge in [0, 0.05) is 6.04 Å². The lowest BCUT2D eigenvalue weighted by Crippen LogP contribution is -2.28. The lowest BCUT2D eigenvalue weighted by atomic mass is 9.96. The molecule has 3 N–H and O–H groups in total. The second kappa shape index (κ2) is 7.08. The molecule has 20 heavy (non-hydrogen) atoms. The molecule has 0 fully saturated rings. The number of ether oxygens (including phenoxy) is 1. The summed E-state index contributed by atoms with van der Waals surface area (Å²) in [6.07, 6.45) is 1.95. The van der Waals surface area contributed by atoms with Gasteiger partial charge in [0.05, 0.1) is 7.11 Å². The first-order valence-corrected chi connectivity index (χ1v) is 6.89. The quantitative estimate of drug-likeness (QED) is 0.626. The minimum Gasteiger partial charge on any atom is -0.497 e. The van der Waals surface area contributed by atoms with Crippen LogP contribution < -0.4 is 16.0 Å². The predicted octanol–water partition coefficient (Wildman–Crippen LogP) is 3.14. The molecule has 1 atom stereocenters. The first-order valence-electron chi connectivity index (χ1n) is 6.89. The third kappa shape index (κ3) is 3.59. The van der Waals surface area contributed by atoms with Crippen LogP contribution in [-0.2, 0) is 6.42 Å². The molecule has 0 heterocycles. The van der Waals surface area contributed by atoms with E-state index in [4.69, 9.17) is 10.6 Å². The first-order chi connectivity index (χ1) is 9.74. The zero-order valence-electron chi connectivity index (χ0n) is 12.1. The van der Waals surface area contributed by atoms with Crippen LogP contribution in [0.1, 0.15) is 29.2 Å². The van der Waals surface area contributed by atoms with Crippen molar-refractivity contribution < 1.29 is 4.74 Å². The Balaban J connectivity index is 2.02. The summed E-state index contributed by atoms with van der Waals surface area (Å²) in [7, 11) is 1.68. The summed E-state index contributed by atoms with van der Waals surface area (Å²) in [5.41, 5.74) is 6.75. The maximum atomic E-state index is 5.71. The minimum atomic E-state index is 0.179. The minimum absolute atomic E-state index is 0.179. The van der Waals surface area contributed by atoms with Gasteiger partial charge >= 0.3 is 0 Å². The van der Waals surface area contributed by atoms with Crippen LogP contribution in [0.15, 0.2) is 48.5 Å². The van der Waals surface area contributed by atoms with E-state index >= 15 is 0 Å². The lowest BCUT2D eigenvalue weighted by molar-refractivity contribution is 0.414. The number of nitrogens with one attached hydrogen (secondary N) is 1. The van der Waals surface area contributed by atoms with E-state index in [0.717, 1.165) is 18.6 Å². The number of hydrazine groups is 1. The fourth-order valence-electron chi connectivity index (χ4n) is 2.41. The third-order valence-electron chi connectivity index (χ3n) is 3.65. The maximum absolute atomic E-state index is 5.71. The van der Waals surface area contributed by atoms with E-state index < -0.39 is 0 Å². The molecular weight excluding hydrogens is 248 g/mol. The molecule has 1 unspecified atom stereocenters. The van der Waals surface area contributed by atoms with Crippen molar-refractivity contribution in [2.45, 2.75) is 25.8 Å². The van der Waals surface area contributed by atoms with Crippen molar-refractivity contribution in [2.24, 2.45) is 5.84 Å². The van der Waals surface area contributed by atoms with Gasteiger partial charge < -0.3 is 4.74 Å². The van der Waals surface area contributed by atoms with Crippen LogP contribution >= 0.6 is 0 Å². The van der Waals surface area contributed by atoms with Gasteiger partial charge in [0.1, 0.15) is 5.75 Å². The van der Waals surface area contributed by atoms with E-state index in [1.807, 2.05) is 12.1 Å². The van der Waals surface area contributed by atoms with Gasteiger partial charge in [-0.1, -0.05) is 36.4 Å². The van der Waals surface area contributed by atoms with Crippen LogP contribution in [0.25, 0.3) is 0 Å². The summed E-state index contributed by atoms with van der Waals surface area (Å²) in [6, 6.07) is 16.7. The van der Waals surface area contributed by atoms with Gasteiger partial charge in [-0.05, 0) is 48.6 Å². The average Bonchev–Trinajstić information content (AvgIpc) is 2.50. The summed E-state index contributed by atoms with van der Waals surface area (Å²) in [4.78, 5) is 0. The summed E-state index contributed by atoms with van der Waals surface area (Å²) in [6.45, 7) is 2.12. The second-order valence-electron chi connectivity index (χ2n) is 4.96. The monoisotopic (exact) mass is 270 g/mol. The molecule has 0 aliphatic rings. The smallest absolute Gasteiger partial charge is 0.118 e. The summed E-state index contributed by atoms with van der Waals surface area (Å²) >= 11 is 0. The van der Waals surface area contributed by atoms with Crippen molar-refractivity contribution in [3.8, 4) is 5.75 Å². The highest BCUT2D eigenvalue weighted by atomic mass is 16.5. The highest BCUT2D eigenvalue weighted by Crippen LogP contribution is 2.22. The Morgan fingerprint density at radius 1 is 1.10 bits per heavy atom. The number of hydrogen-bond donors (Lipinski definition) is 2. The average molecular weight is 270 g/mol. The van der Waals surface area contributed by atoms with Gasteiger partial charge in [0.2, 0.25) is 0 Å². The van der Waals surface area contributed by atoms with Crippen molar-refractivity contribution in [1.29, 1.82) is 0 Å². The van der Waals surface area contributed by atoms with Crippen LogP contribution in [0.4, 0.5) is 0 Å². The molecule has 0 aliphatic carbocycles. The topological polar surface area (TPSA) is 47.3 Å². The molecule has 0 aromatic heterocycles. The summed E-state index contributed by atoms with van der Waals surface area (Å²) in [5, 5.41) is 0. The zero-order valence-corrected chi connectivity index (χ0v) is 12.1. The van der Waals surface area contributed by atoms with Crippen molar-refractivity contribution in [3.63, 3.8) is 0 Å². The molecule has 3 heteroatoms. The molecule has 0 spiro atoms. The van der Waals surface area contributed by atoms with Gasteiger partial charge in [-0.15, -0.1) is 0 Å². The van der Waals surface area contributed by atoms with Crippen LogP contribution in [0.5, 0.6) is 5.75 Å². The first kappa shape index (κ1) is 14.6. The van der Waals surface area contributed by atoms with E-state index in [-0.39, 0.29) is 6.04 Å². The lowest BCUT2D eigenvalue weighted by Gasteiger charge is -2.18. The van der Waals surface area contributed by atoms with Crippen LogP contribution in [-0.4, -0.2) is 7.11 Å². The molecule has 0 radical (unpaired) electrons. The summed E-state index contributed by atoms with van der Waals surface area (Å²) in [5.74, 6) is 6.60. The van der Waals surface area contributed by atoms with Crippen molar-refractivity contribution in [1.82, 2.24) is 5.43 Å². The fourth-order valence-corrected chi connectivity index (χ4v) is 2.41. The SMILES string of the molecule is COc1ccc(CCC(NN)c2ccccc2C)cc1. The Morgan fingerprint density at radius 3 is 2.40 bits per heavy atom. The van der Waals surface area contributed by atoms with Gasteiger partial charge in [-0.2, -0.15) is 0 Å². The number of nitrogens with two attached hydrogens (primary N) is 1.